The van der Waals surface area contributed by atoms with Crippen LogP contribution in [-0.4, -0.2) is 0 Å². The minimum absolute atomic E-state index is 0.839. The maximum Gasteiger partial charge on any atom is -0.00192 e. The summed E-state index contributed by atoms with van der Waals surface area (Å²) in [6, 6.07) is 47.9. The van der Waals surface area contributed by atoms with E-state index < -0.39 is 0 Å². The maximum absolute atomic E-state index is 5.67. The first-order chi connectivity index (χ1) is 25.0. The van der Waals surface area contributed by atoms with Crippen molar-refractivity contribution in [3.8, 4) is 44.5 Å². The molecular formula is C50H39N. The zero-order valence-electron chi connectivity index (χ0n) is 29.3. The highest BCUT2D eigenvalue weighted by Crippen LogP contribution is 2.50. The molecule has 7 aromatic rings. The lowest BCUT2D eigenvalue weighted by Crippen LogP contribution is -1.95. The highest BCUT2D eigenvalue weighted by molar-refractivity contribution is 6.19. The first kappa shape index (κ1) is 30.8. The van der Waals surface area contributed by atoms with Gasteiger partial charge in [-0.2, -0.15) is 0 Å². The molecule has 2 N–H and O–H groups in total. The molecular weight excluding hydrogens is 615 g/mol. The Hall–Kier alpha value is -6.18. The van der Waals surface area contributed by atoms with Crippen molar-refractivity contribution in [2.24, 2.45) is 5.73 Å². The van der Waals surface area contributed by atoms with Gasteiger partial charge in [0.15, 0.2) is 0 Å². The van der Waals surface area contributed by atoms with Gasteiger partial charge in [0.05, 0.1) is 0 Å². The van der Waals surface area contributed by atoms with Crippen molar-refractivity contribution in [3.05, 3.63) is 186 Å². The monoisotopic (exact) mass is 653 g/mol. The molecule has 0 bridgehead atoms. The number of hydrogen-bond acceptors (Lipinski definition) is 1. The predicted octanol–water partition coefficient (Wildman–Crippen LogP) is 13.3. The first-order valence-electron chi connectivity index (χ1n) is 17.9. The summed E-state index contributed by atoms with van der Waals surface area (Å²) in [6.07, 6.45) is 10.8. The number of fused-ring (bicyclic) bond motifs is 3. The Morgan fingerprint density at radius 3 is 2.06 bits per heavy atom. The van der Waals surface area contributed by atoms with Gasteiger partial charge in [0.1, 0.15) is 0 Å². The normalized spacial score (nSPS) is 13.4. The van der Waals surface area contributed by atoms with Crippen LogP contribution in [0.2, 0.25) is 0 Å². The van der Waals surface area contributed by atoms with Crippen LogP contribution < -0.4 is 5.73 Å². The van der Waals surface area contributed by atoms with Gasteiger partial charge in [0.2, 0.25) is 0 Å². The molecule has 1 nitrogen and oxygen atoms in total. The molecule has 0 fully saturated rings. The van der Waals surface area contributed by atoms with Crippen molar-refractivity contribution in [1.82, 2.24) is 0 Å². The molecule has 0 amide bonds. The maximum atomic E-state index is 5.67. The Morgan fingerprint density at radius 1 is 0.588 bits per heavy atom. The zero-order chi connectivity index (χ0) is 34.6. The standard InChI is InChI=1S/C50H39N/c1-4-11-39-32(3)40-22-21-36(42-17-8-18-45(39)49(40)42)26-33-27-37(35-14-7-13-34(29-35)31(2)12-10-25-51)30-38(28-33)41-23-24-48-44-16-6-5-15-43(44)47-20-9-19-46(41)50(47)48/h4-25,27-30H,26,51H2,1-3H3/b11-4-,25-10-,31-12+. The van der Waals surface area contributed by atoms with Gasteiger partial charge < -0.3 is 5.73 Å². The summed E-state index contributed by atoms with van der Waals surface area (Å²) in [4.78, 5) is 0. The number of nitrogens with two attached hydrogens (primary N) is 1. The highest BCUT2D eigenvalue weighted by atomic mass is 14.5. The molecule has 0 saturated carbocycles. The second-order valence-electron chi connectivity index (χ2n) is 13.9. The summed E-state index contributed by atoms with van der Waals surface area (Å²) in [5.74, 6) is 0. The van der Waals surface area contributed by atoms with Crippen molar-refractivity contribution in [1.29, 1.82) is 0 Å². The number of hydrogen-bond donors (Lipinski definition) is 1. The summed E-state index contributed by atoms with van der Waals surface area (Å²) in [5, 5.41) is 5.38. The molecule has 2 aliphatic rings. The van der Waals surface area contributed by atoms with Crippen LogP contribution in [0.3, 0.4) is 0 Å². The van der Waals surface area contributed by atoms with Gasteiger partial charge in [0.25, 0.3) is 0 Å². The van der Waals surface area contributed by atoms with E-state index >= 15 is 0 Å². The molecule has 1 heteroatoms. The summed E-state index contributed by atoms with van der Waals surface area (Å²) in [5.41, 5.74) is 26.3. The molecule has 2 aliphatic carbocycles. The highest BCUT2D eigenvalue weighted by Gasteiger charge is 2.24. The average Bonchev–Trinajstić information content (AvgIpc) is 3.64. The van der Waals surface area contributed by atoms with Crippen molar-refractivity contribution < 1.29 is 0 Å². The minimum atomic E-state index is 0.839. The summed E-state index contributed by atoms with van der Waals surface area (Å²) in [7, 11) is 0. The van der Waals surface area contributed by atoms with Gasteiger partial charge in [0, 0.05) is 0 Å². The van der Waals surface area contributed by atoms with E-state index in [9.17, 15) is 0 Å². The van der Waals surface area contributed by atoms with Crippen molar-refractivity contribution in [2.45, 2.75) is 27.2 Å². The van der Waals surface area contributed by atoms with E-state index in [0.717, 1.165) is 6.42 Å². The third-order valence-electron chi connectivity index (χ3n) is 10.9. The molecule has 7 aromatic carbocycles. The van der Waals surface area contributed by atoms with Crippen LogP contribution in [0.1, 0.15) is 48.6 Å². The van der Waals surface area contributed by atoms with E-state index in [2.05, 4.69) is 166 Å². The van der Waals surface area contributed by atoms with E-state index in [1.165, 1.54) is 111 Å². The van der Waals surface area contributed by atoms with Crippen molar-refractivity contribution >= 4 is 38.3 Å². The molecule has 0 atom stereocenters. The second kappa shape index (κ2) is 12.3. The van der Waals surface area contributed by atoms with Gasteiger partial charge in [-0.05, 0) is 162 Å². The summed E-state index contributed by atoms with van der Waals surface area (Å²) in [6.45, 7) is 6.50. The Labute approximate surface area is 300 Å². The molecule has 0 spiro atoms. The molecule has 0 saturated heterocycles. The lowest BCUT2D eigenvalue weighted by Gasteiger charge is -2.16. The Balaban J connectivity index is 1.23. The number of allylic oxidation sites excluding steroid dienone is 7. The summed E-state index contributed by atoms with van der Waals surface area (Å²) < 4.78 is 0. The van der Waals surface area contributed by atoms with E-state index in [0.29, 0.717) is 0 Å². The third-order valence-corrected chi connectivity index (χ3v) is 10.9. The fraction of sp³-hybridized carbons (Fsp3) is 0.0800. The lowest BCUT2D eigenvalue weighted by atomic mass is 9.88. The minimum Gasteiger partial charge on any atom is -0.405 e. The SMILES string of the molecule is C/C=C\C1=C(C)c2ccc(Cc3cc(-c4cccc(/C(C)=C/C=C\N)c4)cc(-c4ccc5c6c(cccc46)-c4ccccc4-5)c3)c3cccc1c23. The van der Waals surface area contributed by atoms with E-state index in [4.69, 9.17) is 5.73 Å². The van der Waals surface area contributed by atoms with Crippen LogP contribution in [0.25, 0.3) is 82.8 Å². The first-order valence-corrected chi connectivity index (χ1v) is 17.9. The molecule has 0 radical (unpaired) electrons. The van der Waals surface area contributed by atoms with Crippen LogP contribution >= 0.6 is 0 Å². The van der Waals surface area contributed by atoms with E-state index in [1.807, 2.05) is 6.08 Å². The lowest BCUT2D eigenvalue weighted by molar-refractivity contribution is 1.21. The Morgan fingerprint density at radius 2 is 1.25 bits per heavy atom. The van der Waals surface area contributed by atoms with Gasteiger partial charge in [-0.1, -0.05) is 133 Å². The molecule has 0 aliphatic heterocycles. The molecule has 0 unspecified atom stereocenters. The fourth-order valence-electron chi connectivity index (χ4n) is 8.52. The Bertz CT molecular complexity index is 2660. The average molecular weight is 654 g/mol. The smallest absolute Gasteiger partial charge is 0.00192 e. The van der Waals surface area contributed by atoms with E-state index in [1.54, 1.807) is 6.20 Å². The largest absolute Gasteiger partial charge is 0.405 e. The van der Waals surface area contributed by atoms with Crippen LogP contribution in [0, 0.1) is 0 Å². The molecule has 9 rings (SSSR count). The topological polar surface area (TPSA) is 26.0 Å². The van der Waals surface area contributed by atoms with Gasteiger partial charge in [-0.25, -0.2) is 0 Å². The molecule has 244 valence electrons. The van der Waals surface area contributed by atoms with Crippen molar-refractivity contribution in [3.63, 3.8) is 0 Å². The number of benzene rings is 7. The molecule has 0 aromatic heterocycles. The second-order valence-corrected chi connectivity index (χ2v) is 13.9. The van der Waals surface area contributed by atoms with Gasteiger partial charge in [-0.15, -0.1) is 0 Å². The molecule has 51 heavy (non-hydrogen) atoms. The Kier molecular flexibility index (Phi) is 7.44. The fourth-order valence-corrected chi connectivity index (χ4v) is 8.52. The van der Waals surface area contributed by atoms with E-state index in [-0.39, 0.29) is 0 Å². The van der Waals surface area contributed by atoms with Gasteiger partial charge in [-0.3, -0.25) is 0 Å². The van der Waals surface area contributed by atoms with Crippen LogP contribution in [0.5, 0.6) is 0 Å². The third kappa shape index (κ3) is 5.00. The zero-order valence-corrected chi connectivity index (χ0v) is 29.3. The quantitative estimate of drug-likeness (QED) is 0.170. The van der Waals surface area contributed by atoms with Crippen LogP contribution in [0.15, 0.2) is 158 Å². The van der Waals surface area contributed by atoms with Gasteiger partial charge >= 0.3 is 0 Å². The van der Waals surface area contributed by atoms with Crippen LogP contribution in [0.4, 0.5) is 0 Å². The van der Waals surface area contributed by atoms with Crippen molar-refractivity contribution in [2.75, 3.05) is 0 Å². The summed E-state index contributed by atoms with van der Waals surface area (Å²) >= 11 is 0. The predicted molar refractivity (Wildman–Crippen MR) is 220 cm³/mol. The van der Waals surface area contributed by atoms with Crippen LogP contribution in [-0.2, 0) is 6.42 Å². The molecule has 0 heterocycles. The number of rotatable bonds is 7.